The van der Waals surface area contributed by atoms with Crippen molar-refractivity contribution >= 4 is 0 Å². The highest BCUT2D eigenvalue weighted by Crippen LogP contribution is 2.25. The Morgan fingerprint density at radius 1 is 1.15 bits per heavy atom. The molecule has 0 saturated carbocycles. The normalized spacial score (nSPS) is 33.0. The van der Waals surface area contributed by atoms with Crippen LogP contribution in [0.4, 0.5) is 0 Å². The van der Waals surface area contributed by atoms with E-state index < -0.39 is 5.60 Å². The summed E-state index contributed by atoms with van der Waals surface area (Å²) in [6.07, 6.45) is 2.97. The predicted molar refractivity (Wildman–Crippen MR) is 55.8 cm³/mol. The Morgan fingerprint density at radius 2 is 1.77 bits per heavy atom. The maximum Gasteiger partial charge on any atom is 0.0632 e. The van der Waals surface area contributed by atoms with E-state index >= 15 is 0 Å². The Kier molecular flexibility index (Phi) is 3.03. The molecule has 0 spiro atoms. The predicted octanol–water partition coefficient (Wildman–Crippen LogP) is 2.02. The van der Waals surface area contributed by atoms with Crippen LogP contribution in [0.1, 0.15) is 47.0 Å². The highest BCUT2D eigenvalue weighted by atomic mass is 16.3. The van der Waals surface area contributed by atoms with Gasteiger partial charge < -0.3 is 5.11 Å². The minimum absolute atomic E-state index is 0.250. The zero-order valence-corrected chi connectivity index (χ0v) is 9.43. The van der Waals surface area contributed by atoms with Crippen molar-refractivity contribution in [3.8, 4) is 0 Å². The third-order valence-corrected chi connectivity index (χ3v) is 3.01. The van der Waals surface area contributed by atoms with E-state index in [4.69, 9.17) is 0 Å². The minimum Gasteiger partial charge on any atom is -0.390 e. The van der Waals surface area contributed by atoms with Crippen molar-refractivity contribution in [1.29, 1.82) is 0 Å². The largest absolute Gasteiger partial charge is 0.390 e. The second kappa shape index (κ2) is 3.58. The number of rotatable bonds is 0. The van der Waals surface area contributed by atoms with Crippen molar-refractivity contribution in [2.45, 2.75) is 58.1 Å². The zero-order chi connectivity index (χ0) is 10.1. The molecule has 1 fully saturated rings. The molecule has 1 N–H and O–H groups in total. The topological polar surface area (TPSA) is 23.5 Å². The summed E-state index contributed by atoms with van der Waals surface area (Å²) in [5.74, 6) is 0. The summed E-state index contributed by atoms with van der Waals surface area (Å²) in [6.45, 7) is 10.8. The molecule has 0 aliphatic carbocycles. The summed E-state index contributed by atoms with van der Waals surface area (Å²) in [5.41, 5.74) is -0.180. The third-order valence-electron chi connectivity index (χ3n) is 3.01. The third kappa shape index (κ3) is 3.28. The van der Waals surface area contributed by atoms with Gasteiger partial charge in [-0.15, -0.1) is 0 Å². The van der Waals surface area contributed by atoms with Crippen LogP contribution in [-0.2, 0) is 0 Å². The van der Waals surface area contributed by atoms with E-state index in [1.165, 1.54) is 0 Å². The van der Waals surface area contributed by atoms with Gasteiger partial charge in [0.25, 0.3) is 0 Å². The molecule has 78 valence electrons. The monoisotopic (exact) mass is 185 g/mol. The van der Waals surface area contributed by atoms with E-state index in [0.29, 0.717) is 0 Å². The summed E-state index contributed by atoms with van der Waals surface area (Å²) >= 11 is 0. The molecule has 2 heteroatoms. The zero-order valence-electron chi connectivity index (χ0n) is 9.43. The first-order valence-electron chi connectivity index (χ1n) is 5.29. The molecule has 1 aliphatic rings. The average Bonchev–Trinajstić information content (AvgIpc) is 2.08. The van der Waals surface area contributed by atoms with Gasteiger partial charge in [-0.25, -0.2) is 0 Å². The molecule has 1 unspecified atom stereocenters. The highest BCUT2D eigenvalue weighted by molar-refractivity contribution is 4.84. The smallest absolute Gasteiger partial charge is 0.0632 e. The number of hydrogen-bond donors (Lipinski definition) is 1. The second-order valence-corrected chi connectivity index (χ2v) is 5.51. The van der Waals surface area contributed by atoms with Crippen molar-refractivity contribution in [3.63, 3.8) is 0 Å². The lowest BCUT2D eigenvalue weighted by atomic mass is 9.98. The minimum atomic E-state index is -0.431. The first-order chi connectivity index (χ1) is 5.81. The molecule has 0 aromatic heterocycles. The van der Waals surface area contributed by atoms with Gasteiger partial charge in [0.05, 0.1) is 5.60 Å². The van der Waals surface area contributed by atoms with Gasteiger partial charge >= 0.3 is 0 Å². The van der Waals surface area contributed by atoms with Crippen molar-refractivity contribution in [2.75, 3.05) is 13.1 Å². The number of aliphatic hydroxyl groups is 1. The van der Waals surface area contributed by atoms with E-state index in [0.717, 1.165) is 32.4 Å². The maximum atomic E-state index is 9.91. The first-order valence-corrected chi connectivity index (χ1v) is 5.29. The molecular weight excluding hydrogens is 162 g/mol. The lowest BCUT2D eigenvalue weighted by molar-refractivity contribution is 0.0403. The molecule has 1 aliphatic heterocycles. The van der Waals surface area contributed by atoms with Crippen LogP contribution in [0.2, 0.25) is 0 Å². The molecule has 1 heterocycles. The fourth-order valence-corrected chi connectivity index (χ4v) is 1.93. The SMILES string of the molecule is CC1(O)CCCN(C(C)(C)C)CC1. The Labute approximate surface area is 81.9 Å². The molecule has 1 rings (SSSR count). The van der Waals surface area contributed by atoms with E-state index in [2.05, 4.69) is 25.7 Å². The van der Waals surface area contributed by atoms with Crippen LogP contribution in [0.3, 0.4) is 0 Å². The standard InChI is InChI=1S/C11H23NO/c1-10(2,3)12-8-5-6-11(4,13)7-9-12/h13H,5-9H2,1-4H3. The summed E-state index contributed by atoms with van der Waals surface area (Å²) in [7, 11) is 0. The van der Waals surface area contributed by atoms with Crippen LogP contribution in [-0.4, -0.2) is 34.2 Å². The molecule has 0 bridgehead atoms. The molecule has 0 amide bonds. The van der Waals surface area contributed by atoms with Crippen molar-refractivity contribution in [2.24, 2.45) is 0 Å². The van der Waals surface area contributed by atoms with E-state index in [9.17, 15) is 5.11 Å². The fraction of sp³-hybridized carbons (Fsp3) is 1.00. The fourth-order valence-electron chi connectivity index (χ4n) is 1.93. The van der Waals surface area contributed by atoms with Crippen molar-refractivity contribution in [3.05, 3.63) is 0 Å². The lowest BCUT2D eigenvalue weighted by Gasteiger charge is -2.34. The van der Waals surface area contributed by atoms with Gasteiger partial charge in [-0.05, 0) is 53.5 Å². The van der Waals surface area contributed by atoms with Crippen LogP contribution in [0, 0.1) is 0 Å². The summed E-state index contributed by atoms with van der Waals surface area (Å²) < 4.78 is 0. The molecule has 0 aromatic rings. The van der Waals surface area contributed by atoms with Gasteiger partial charge in [0, 0.05) is 12.1 Å². The molecule has 1 atom stereocenters. The van der Waals surface area contributed by atoms with Gasteiger partial charge in [0.15, 0.2) is 0 Å². The van der Waals surface area contributed by atoms with Crippen LogP contribution in [0.15, 0.2) is 0 Å². The Morgan fingerprint density at radius 3 is 2.31 bits per heavy atom. The Balaban J connectivity index is 2.55. The van der Waals surface area contributed by atoms with Crippen molar-refractivity contribution < 1.29 is 5.11 Å². The molecule has 0 aromatic carbocycles. The maximum absolute atomic E-state index is 9.91. The van der Waals surface area contributed by atoms with Gasteiger partial charge in [-0.3, -0.25) is 4.90 Å². The number of nitrogens with zero attached hydrogens (tertiary/aromatic N) is 1. The Bertz CT molecular complexity index is 169. The number of hydrogen-bond acceptors (Lipinski definition) is 2. The van der Waals surface area contributed by atoms with Gasteiger partial charge in [0.1, 0.15) is 0 Å². The van der Waals surface area contributed by atoms with Crippen LogP contribution < -0.4 is 0 Å². The molecular formula is C11H23NO. The molecule has 0 radical (unpaired) electrons. The molecule has 2 nitrogen and oxygen atoms in total. The molecule has 13 heavy (non-hydrogen) atoms. The van der Waals surface area contributed by atoms with E-state index in [-0.39, 0.29) is 5.54 Å². The van der Waals surface area contributed by atoms with E-state index in [1.54, 1.807) is 0 Å². The van der Waals surface area contributed by atoms with Gasteiger partial charge in [-0.1, -0.05) is 0 Å². The quantitative estimate of drug-likeness (QED) is 0.624. The van der Waals surface area contributed by atoms with Gasteiger partial charge in [-0.2, -0.15) is 0 Å². The summed E-state index contributed by atoms with van der Waals surface area (Å²) in [6, 6.07) is 0. The van der Waals surface area contributed by atoms with Crippen LogP contribution in [0.5, 0.6) is 0 Å². The Hall–Kier alpha value is -0.0800. The van der Waals surface area contributed by atoms with Crippen LogP contribution in [0.25, 0.3) is 0 Å². The highest BCUT2D eigenvalue weighted by Gasteiger charge is 2.29. The molecule has 1 saturated heterocycles. The average molecular weight is 185 g/mol. The number of likely N-dealkylation sites (tertiary alicyclic amines) is 1. The van der Waals surface area contributed by atoms with E-state index in [1.807, 2.05) is 6.92 Å². The van der Waals surface area contributed by atoms with Crippen LogP contribution >= 0.6 is 0 Å². The first kappa shape index (κ1) is 11.0. The van der Waals surface area contributed by atoms with Crippen molar-refractivity contribution in [1.82, 2.24) is 4.90 Å². The van der Waals surface area contributed by atoms with Gasteiger partial charge in [0.2, 0.25) is 0 Å². The second-order valence-electron chi connectivity index (χ2n) is 5.51. The lowest BCUT2D eigenvalue weighted by Crippen LogP contribution is -2.42. The summed E-state index contributed by atoms with van der Waals surface area (Å²) in [4.78, 5) is 2.47. The summed E-state index contributed by atoms with van der Waals surface area (Å²) in [5, 5.41) is 9.91.